The van der Waals surface area contributed by atoms with Crippen LogP contribution in [0.3, 0.4) is 0 Å². The molecule has 2 N–H and O–H groups in total. The molecule has 0 bridgehead atoms. The van der Waals surface area contributed by atoms with Gasteiger partial charge in [-0.1, -0.05) is 13.8 Å². The number of nitrogens with two attached hydrogens (primary N) is 1. The lowest BCUT2D eigenvalue weighted by molar-refractivity contribution is 0.112. The highest BCUT2D eigenvalue weighted by Gasteiger charge is 2.09. The van der Waals surface area contributed by atoms with Crippen LogP contribution in [0.25, 0.3) is 0 Å². The molecule has 0 aromatic carbocycles. The van der Waals surface area contributed by atoms with Gasteiger partial charge in [-0.15, -0.1) is 11.3 Å². The summed E-state index contributed by atoms with van der Waals surface area (Å²) < 4.78 is 0. The zero-order chi connectivity index (χ0) is 8.43. The molecule has 0 saturated heterocycles. The van der Waals surface area contributed by atoms with E-state index in [2.05, 4.69) is 13.8 Å². The smallest absolute Gasteiger partial charge is 0.160 e. The van der Waals surface area contributed by atoms with E-state index in [1.807, 2.05) is 6.07 Å². The number of anilines is 1. The van der Waals surface area contributed by atoms with Crippen LogP contribution in [0.2, 0.25) is 0 Å². The van der Waals surface area contributed by atoms with Crippen LogP contribution >= 0.6 is 11.3 Å². The predicted molar refractivity (Wildman–Crippen MR) is 48.2 cm³/mol. The van der Waals surface area contributed by atoms with Gasteiger partial charge in [0, 0.05) is 0 Å². The van der Waals surface area contributed by atoms with Crippen LogP contribution in [0.5, 0.6) is 0 Å². The number of hydrogen-bond donors (Lipinski definition) is 1. The van der Waals surface area contributed by atoms with Gasteiger partial charge >= 0.3 is 0 Å². The zero-order valence-corrected chi connectivity index (χ0v) is 7.44. The molecule has 0 atom stereocenters. The molecule has 1 heterocycles. The van der Waals surface area contributed by atoms with Gasteiger partial charge in [0.1, 0.15) is 0 Å². The van der Waals surface area contributed by atoms with Crippen molar-refractivity contribution in [1.29, 1.82) is 0 Å². The third-order valence-corrected chi connectivity index (χ3v) is 2.44. The fourth-order valence-electron chi connectivity index (χ4n) is 0.983. The summed E-state index contributed by atoms with van der Waals surface area (Å²) in [5.74, 6) is 0.378. The lowest BCUT2D eigenvalue weighted by Gasteiger charge is -2.00. The summed E-state index contributed by atoms with van der Waals surface area (Å²) >= 11 is 1.35. The minimum absolute atomic E-state index is 0.378. The second-order valence-corrected chi connectivity index (χ2v) is 3.86. The Morgan fingerprint density at radius 3 is 2.64 bits per heavy atom. The second kappa shape index (κ2) is 3.05. The van der Waals surface area contributed by atoms with Crippen molar-refractivity contribution in [3.8, 4) is 0 Å². The van der Waals surface area contributed by atoms with Crippen molar-refractivity contribution in [2.24, 2.45) is 0 Å². The molecule has 2 nitrogen and oxygen atoms in total. The molecule has 0 aliphatic carbocycles. The van der Waals surface area contributed by atoms with Gasteiger partial charge in [0.15, 0.2) is 6.29 Å². The quantitative estimate of drug-likeness (QED) is 0.690. The Hall–Kier alpha value is -0.830. The topological polar surface area (TPSA) is 43.1 Å². The third kappa shape index (κ3) is 1.60. The number of carbonyl (C=O) groups is 1. The highest BCUT2D eigenvalue weighted by molar-refractivity contribution is 7.17. The Bertz CT molecular complexity index is 265. The Morgan fingerprint density at radius 2 is 2.27 bits per heavy atom. The first-order valence-electron chi connectivity index (χ1n) is 3.49. The molecular weight excluding hydrogens is 158 g/mol. The van der Waals surface area contributed by atoms with E-state index in [9.17, 15) is 4.79 Å². The average Bonchev–Trinajstić information content (AvgIpc) is 2.30. The molecule has 0 amide bonds. The first kappa shape index (κ1) is 8.27. The maximum atomic E-state index is 10.5. The maximum absolute atomic E-state index is 10.5. The van der Waals surface area contributed by atoms with Crippen molar-refractivity contribution in [1.82, 2.24) is 0 Å². The fraction of sp³-hybridized carbons (Fsp3) is 0.375. The molecule has 60 valence electrons. The van der Waals surface area contributed by atoms with E-state index in [-0.39, 0.29) is 0 Å². The lowest BCUT2D eigenvalue weighted by Crippen LogP contribution is -1.87. The van der Waals surface area contributed by atoms with Crippen molar-refractivity contribution in [2.75, 3.05) is 5.73 Å². The summed E-state index contributed by atoms with van der Waals surface area (Å²) in [5.41, 5.74) is 6.61. The first-order chi connectivity index (χ1) is 5.15. The van der Waals surface area contributed by atoms with E-state index < -0.39 is 0 Å². The second-order valence-electron chi connectivity index (χ2n) is 2.74. The highest BCUT2D eigenvalue weighted by atomic mass is 32.1. The van der Waals surface area contributed by atoms with Crippen LogP contribution in [-0.2, 0) is 0 Å². The lowest BCUT2D eigenvalue weighted by atomic mass is 10.1. The highest BCUT2D eigenvalue weighted by Crippen LogP contribution is 2.28. The van der Waals surface area contributed by atoms with Crippen molar-refractivity contribution >= 4 is 22.6 Å². The largest absolute Gasteiger partial charge is 0.391 e. The van der Waals surface area contributed by atoms with Crippen LogP contribution in [0, 0.1) is 0 Å². The van der Waals surface area contributed by atoms with Gasteiger partial charge in [-0.05, 0) is 17.5 Å². The van der Waals surface area contributed by atoms with Gasteiger partial charge in [0.2, 0.25) is 0 Å². The van der Waals surface area contributed by atoms with Crippen molar-refractivity contribution in [3.05, 3.63) is 16.5 Å². The molecule has 0 aliphatic rings. The maximum Gasteiger partial charge on any atom is 0.160 e. The third-order valence-electron chi connectivity index (χ3n) is 1.54. The molecule has 3 heteroatoms. The standard InChI is InChI=1S/C8H11NOS/c1-5(2)6-3-8(9)11-7(6)4-10/h3-5H,9H2,1-2H3. The van der Waals surface area contributed by atoms with Gasteiger partial charge < -0.3 is 5.73 Å². The Labute approximate surface area is 70.0 Å². The minimum Gasteiger partial charge on any atom is -0.391 e. The summed E-state index contributed by atoms with van der Waals surface area (Å²) in [4.78, 5) is 11.3. The molecule has 1 aromatic heterocycles. The van der Waals surface area contributed by atoms with E-state index >= 15 is 0 Å². The molecule has 0 fully saturated rings. The van der Waals surface area contributed by atoms with Crippen LogP contribution in [0.4, 0.5) is 5.00 Å². The van der Waals surface area contributed by atoms with Crippen LogP contribution in [-0.4, -0.2) is 6.29 Å². The first-order valence-corrected chi connectivity index (χ1v) is 4.31. The molecule has 1 aromatic rings. The Morgan fingerprint density at radius 1 is 1.64 bits per heavy atom. The van der Waals surface area contributed by atoms with Crippen LogP contribution < -0.4 is 5.73 Å². The summed E-state index contributed by atoms with van der Waals surface area (Å²) in [5, 5.41) is 0.718. The minimum atomic E-state index is 0.378. The van der Waals surface area contributed by atoms with Crippen LogP contribution in [0.1, 0.15) is 35.0 Å². The van der Waals surface area contributed by atoms with Crippen molar-refractivity contribution < 1.29 is 4.79 Å². The Kier molecular flexibility index (Phi) is 2.29. The molecule has 0 radical (unpaired) electrons. The Balaban J connectivity index is 3.11. The predicted octanol–water partition coefficient (Wildman–Crippen LogP) is 2.27. The number of thiophene rings is 1. The summed E-state index contributed by atoms with van der Waals surface area (Å²) in [6.07, 6.45) is 0.871. The summed E-state index contributed by atoms with van der Waals surface area (Å²) in [7, 11) is 0. The van der Waals surface area contributed by atoms with Gasteiger partial charge in [-0.25, -0.2) is 0 Å². The van der Waals surface area contributed by atoms with E-state index in [1.54, 1.807) is 0 Å². The molecule has 0 spiro atoms. The van der Waals surface area contributed by atoms with Gasteiger partial charge in [-0.3, -0.25) is 4.79 Å². The molecule has 1 rings (SSSR count). The van der Waals surface area contributed by atoms with Crippen molar-refractivity contribution in [2.45, 2.75) is 19.8 Å². The monoisotopic (exact) mass is 169 g/mol. The molecular formula is C8H11NOS. The number of carbonyl (C=O) groups excluding carboxylic acids is 1. The van der Waals surface area contributed by atoms with Gasteiger partial charge in [0.05, 0.1) is 9.88 Å². The number of rotatable bonds is 2. The molecule has 11 heavy (non-hydrogen) atoms. The molecule has 0 unspecified atom stereocenters. The van der Waals surface area contributed by atoms with Gasteiger partial charge in [-0.2, -0.15) is 0 Å². The van der Waals surface area contributed by atoms with Crippen molar-refractivity contribution in [3.63, 3.8) is 0 Å². The summed E-state index contributed by atoms with van der Waals surface area (Å²) in [6, 6.07) is 1.87. The number of nitrogen functional groups attached to an aromatic ring is 1. The molecule has 0 saturated carbocycles. The van der Waals surface area contributed by atoms with E-state index in [0.29, 0.717) is 5.92 Å². The average molecular weight is 169 g/mol. The number of hydrogen-bond acceptors (Lipinski definition) is 3. The fourth-order valence-corrected chi connectivity index (χ4v) is 1.88. The number of aldehydes is 1. The van der Waals surface area contributed by atoms with E-state index in [1.165, 1.54) is 11.3 Å². The zero-order valence-electron chi connectivity index (χ0n) is 6.63. The SMILES string of the molecule is CC(C)c1cc(N)sc1C=O. The molecule has 0 aliphatic heterocycles. The van der Waals surface area contributed by atoms with Crippen LogP contribution in [0.15, 0.2) is 6.07 Å². The van der Waals surface area contributed by atoms with Gasteiger partial charge in [0.25, 0.3) is 0 Å². The van der Waals surface area contributed by atoms with E-state index in [0.717, 1.165) is 21.7 Å². The van der Waals surface area contributed by atoms with E-state index in [4.69, 9.17) is 5.73 Å². The normalized spacial score (nSPS) is 10.5. The summed E-state index contributed by atoms with van der Waals surface area (Å²) in [6.45, 7) is 4.10.